The molecule has 13 rings (SSSR count). The first-order valence-electron chi connectivity index (χ1n) is 20.2. The monoisotopic (exact) mass is 766 g/mol. The Morgan fingerprint density at radius 2 is 0.864 bits per heavy atom. The fourth-order valence-electron chi connectivity index (χ4n) is 9.72. The Morgan fingerprint density at radius 3 is 1.71 bits per heavy atom. The van der Waals surface area contributed by atoms with Crippen LogP contribution in [0, 0.1) is 0 Å². The van der Waals surface area contributed by atoms with Crippen LogP contribution in [-0.2, 0) is 0 Å². The molecule has 0 amide bonds. The molecule has 13 aromatic rings. The molecule has 0 atom stereocenters. The summed E-state index contributed by atoms with van der Waals surface area (Å²) in [5, 5.41) is 12.8. The lowest BCUT2D eigenvalue weighted by Crippen LogP contribution is -1.93. The van der Waals surface area contributed by atoms with Crippen LogP contribution in [0.2, 0.25) is 0 Å². The number of benzene rings is 10. The molecule has 0 radical (unpaired) electrons. The fourth-order valence-corrected chi connectivity index (χ4v) is 11.0. The maximum Gasteiger partial charge on any atom is 0.0719 e. The number of fused-ring (bicyclic) bond motifs is 13. The smallest absolute Gasteiger partial charge is 0.0719 e. The topological polar surface area (TPSA) is 9.86 Å². The number of hydrogen-bond donors (Lipinski definition) is 0. The zero-order valence-electron chi connectivity index (χ0n) is 31.9. The zero-order valence-corrected chi connectivity index (χ0v) is 32.7. The molecule has 0 saturated carbocycles. The lowest BCUT2D eigenvalue weighted by molar-refractivity contribution is 1.18. The molecule has 3 heteroatoms. The molecule has 3 aromatic heterocycles. The second-order valence-corrected chi connectivity index (χ2v) is 16.7. The maximum atomic E-state index is 2.50. The summed E-state index contributed by atoms with van der Waals surface area (Å²) in [7, 11) is 0. The van der Waals surface area contributed by atoms with Crippen molar-refractivity contribution in [3.63, 3.8) is 0 Å². The third kappa shape index (κ3) is 4.86. The molecule has 0 N–H and O–H groups in total. The molecule has 0 spiro atoms. The molecule has 3 heterocycles. The molecular formula is C56H34N2S. The van der Waals surface area contributed by atoms with Crippen LogP contribution in [0.5, 0.6) is 0 Å². The Balaban J connectivity index is 1.03. The summed E-state index contributed by atoms with van der Waals surface area (Å²) < 4.78 is 7.55. The van der Waals surface area contributed by atoms with Crippen molar-refractivity contribution in [2.45, 2.75) is 0 Å². The lowest BCUT2D eigenvalue weighted by atomic mass is 9.97. The minimum absolute atomic E-state index is 1.17. The molecule has 0 bridgehead atoms. The van der Waals surface area contributed by atoms with Crippen LogP contribution in [0.4, 0.5) is 0 Å². The minimum Gasteiger partial charge on any atom is -0.309 e. The van der Waals surface area contributed by atoms with Gasteiger partial charge in [-0.3, -0.25) is 0 Å². The summed E-state index contributed by atoms with van der Waals surface area (Å²) >= 11 is 1.91. The molecule has 274 valence electrons. The van der Waals surface area contributed by atoms with E-state index >= 15 is 0 Å². The Morgan fingerprint density at radius 1 is 0.288 bits per heavy atom. The summed E-state index contributed by atoms with van der Waals surface area (Å²) in [5.41, 5.74) is 12.1. The molecule has 10 aromatic carbocycles. The average Bonchev–Trinajstić information content (AvgIpc) is 3.95. The van der Waals surface area contributed by atoms with Gasteiger partial charge in [0.2, 0.25) is 0 Å². The third-order valence-corrected chi connectivity index (χ3v) is 13.7. The Hall–Kier alpha value is -7.46. The van der Waals surface area contributed by atoms with E-state index in [0.29, 0.717) is 0 Å². The van der Waals surface area contributed by atoms with E-state index in [4.69, 9.17) is 0 Å². The highest BCUT2D eigenvalue weighted by atomic mass is 32.1. The van der Waals surface area contributed by atoms with Gasteiger partial charge in [0.1, 0.15) is 0 Å². The van der Waals surface area contributed by atoms with Crippen molar-refractivity contribution < 1.29 is 0 Å². The van der Waals surface area contributed by atoms with E-state index in [-0.39, 0.29) is 0 Å². The zero-order chi connectivity index (χ0) is 38.6. The van der Waals surface area contributed by atoms with E-state index < -0.39 is 0 Å². The first-order valence-corrected chi connectivity index (χ1v) is 21.1. The molecule has 59 heavy (non-hydrogen) atoms. The Labute approximate surface area is 344 Å². The minimum atomic E-state index is 1.17. The highest BCUT2D eigenvalue weighted by Gasteiger charge is 2.21. The summed E-state index contributed by atoms with van der Waals surface area (Å²) in [4.78, 5) is 0. The van der Waals surface area contributed by atoms with Crippen LogP contribution in [0.15, 0.2) is 206 Å². The SMILES string of the molecule is c1ccc(-c2ccc(-n3c4ccccc4c4cc5c(cc43)sc3c5ccc4c5ccc(-c6ccc7c(ccc8ccccc87)c6)cc5n(-c5ccccc5)c43)cc2)cc1. The van der Waals surface area contributed by atoms with Crippen LogP contribution in [0.25, 0.3) is 119 Å². The van der Waals surface area contributed by atoms with E-state index in [1.807, 2.05) is 11.3 Å². The van der Waals surface area contributed by atoms with Gasteiger partial charge in [-0.1, -0.05) is 152 Å². The predicted molar refractivity (Wildman–Crippen MR) is 254 cm³/mol. The molecule has 0 unspecified atom stereocenters. The van der Waals surface area contributed by atoms with Gasteiger partial charge in [-0.15, -0.1) is 11.3 Å². The molecule has 2 nitrogen and oxygen atoms in total. The molecular weight excluding hydrogens is 733 g/mol. The van der Waals surface area contributed by atoms with Crippen molar-refractivity contribution in [2.24, 2.45) is 0 Å². The van der Waals surface area contributed by atoms with Crippen molar-refractivity contribution in [1.29, 1.82) is 0 Å². The van der Waals surface area contributed by atoms with E-state index in [9.17, 15) is 0 Å². The van der Waals surface area contributed by atoms with Gasteiger partial charge in [0.05, 0.1) is 26.8 Å². The van der Waals surface area contributed by atoms with Crippen LogP contribution in [0.3, 0.4) is 0 Å². The van der Waals surface area contributed by atoms with Gasteiger partial charge in [-0.25, -0.2) is 0 Å². The highest BCUT2D eigenvalue weighted by molar-refractivity contribution is 7.26. The van der Waals surface area contributed by atoms with Gasteiger partial charge >= 0.3 is 0 Å². The van der Waals surface area contributed by atoms with Crippen molar-refractivity contribution in [3.05, 3.63) is 206 Å². The summed E-state index contributed by atoms with van der Waals surface area (Å²) in [6.45, 7) is 0. The number of aromatic nitrogens is 2. The average molecular weight is 767 g/mol. The Kier molecular flexibility index (Phi) is 6.92. The fraction of sp³-hybridized carbons (Fsp3) is 0. The number of thiophene rings is 1. The quantitative estimate of drug-likeness (QED) is 0.158. The lowest BCUT2D eigenvalue weighted by Gasteiger charge is -2.10. The summed E-state index contributed by atoms with van der Waals surface area (Å²) in [6, 6.07) is 76.1. The molecule has 0 aliphatic heterocycles. The first-order chi connectivity index (χ1) is 29.2. The second-order valence-electron chi connectivity index (χ2n) is 15.7. The number of hydrogen-bond acceptors (Lipinski definition) is 1. The van der Waals surface area contributed by atoms with E-state index in [2.05, 4.69) is 215 Å². The van der Waals surface area contributed by atoms with E-state index in [0.717, 1.165) is 0 Å². The second kappa shape index (κ2) is 12.5. The van der Waals surface area contributed by atoms with Crippen molar-refractivity contribution in [3.8, 4) is 33.6 Å². The van der Waals surface area contributed by atoms with Crippen LogP contribution >= 0.6 is 11.3 Å². The molecule has 0 aliphatic rings. The van der Waals surface area contributed by atoms with Gasteiger partial charge in [0.15, 0.2) is 0 Å². The maximum absolute atomic E-state index is 2.50. The van der Waals surface area contributed by atoms with E-state index in [1.54, 1.807) is 0 Å². The first kappa shape index (κ1) is 32.6. The van der Waals surface area contributed by atoms with Gasteiger partial charge in [0, 0.05) is 48.4 Å². The van der Waals surface area contributed by atoms with Crippen molar-refractivity contribution in [1.82, 2.24) is 9.13 Å². The molecule has 0 fully saturated rings. The standard InChI is InChI=1S/C56H34N2S/c1-3-11-35(12-4-1)36-21-25-42(26-22-36)57-51-18-10-9-17-45(51)49-33-50-48-30-29-47-46-28-24-39(38-23-27-44-40(31-38)20-19-37-13-7-8-16-43(37)44)32-52(46)58(41-14-5-2-6-15-41)55(47)56(48)59-54(50)34-53(49)57/h1-34H. The largest absolute Gasteiger partial charge is 0.309 e. The molecule has 0 aliphatic carbocycles. The van der Waals surface area contributed by atoms with Gasteiger partial charge in [-0.2, -0.15) is 0 Å². The number of rotatable bonds is 4. The molecule has 0 saturated heterocycles. The third-order valence-electron chi connectivity index (χ3n) is 12.5. The van der Waals surface area contributed by atoms with E-state index in [1.165, 1.54) is 119 Å². The number of nitrogens with zero attached hydrogens (tertiary/aromatic N) is 2. The van der Waals surface area contributed by atoms with Crippen LogP contribution < -0.4 is 0 Å². The van der Waals surface area contributed by atoms with Gasteiger partial charge < -0.3 is 9.13 Å². The van der Waals surface area contributed by atoms with Crippen LogP contribution in [-0.4, -0.2) is 9.13 Å². The highest BCUT2D eigenvalue weighted by Crippen LogP contribution is 2.46. The predicted octanol–water partition coefficient (Wildman–Crippen LogP) is 15.9. The van der Waals surface area contributed by atoms with Crippen molar-refractivity contribution >= 4 is 96.7 Å². The van der Waals surface area contributed by atoms with Gasteiger partial charge in [-0.05, 0) is 98.4 Å². The number of para-hydroxylation sites is 2. The summed E-state index contributed by atoms with van der Waals surface area (Å²) in [5.74, 6) is 0. The Bertz CT molecular complexity index is 3810. The van der Waals surface area contributed by atoms with Gasteiger partial charge in [0.25, 0.3) is 0 Å². The van der Waals surface area contributed by atoms with Crippen molar-refractivity contribution in [2.75, 3.05) is 0 Å². The summed E-state index contributed by atoms with van der Waals surface area (Å²) in [6.07, 6.45) is 0. The normalized spacial score (nSPS) is 12.1. The van der Waals surface area contributed by atoms with Crippen LogP contribution in [0.1, 0.15) is 0 Å².